The van der Waals surface area contributed by atoms with Gasteiger partial charge in [-0.2, -0.15) is 0 Å². The molecule has 0 saturated heterocycles. The molecule has 2 N–H and O–H groups in total. The quantitative estimate of drug-likeness (QED) is 0.752. The van der Waals surface area contributed by atoms with E-state index in [1.165, 1.54) is 7.11 Å². The van der Waals surface area contributed by atoms with Crippen molar-refractivity contribution in [3.8, 4) is 28.7 Å². The highest BCUT2D eigenvalue weighted by Crippen LogP contribution is 2.48. The molecule has 0 amide bonds. The molecular weight excluding hydrogens is 306 g/mol. The number of likely N-dealkylation sites (N-methyl/N-ethyl adjacent to an activating group) is 1. The Labute approximate surface area is 141 Å². The Morgan fingerprint density at radius 1 is 1.00 bits per heavy atom. The molecule has 1 heterocycles. The number of rotatable bonds is 5. The van der Waals surface area contributed by atoms with Crippen molar-refractivity contribution in [1.82, 2.24) is 5.32 Å². The minimum Gasteiger partial charge on any atom is -0.502 e. The van der Waals surface area contributed by atoms with Gasteiger partial charge in [-0.3, -0.25) is 0 Å². The average molecular weight is 327 g/mol. The lowest BCUT2D eigenvalue weighted by Gasteiger charge is -2.17. The van der Waals surface area contributed by atoms with Gasteiger partial charge in [-0.25, -0.2) is 0 Å². The van der Waals surface area contributed by atoms with E-state index in [0.29, 0.717) is 23.0 Å². The lowest BCUT2D eigenvalue weighted by molar-refractivity contribution is 0.343. The second-order valence-electron chi connectivity index (χ2n) is 5.49. The molecule has 1 aliphatic rings. The number of phenols is 1. The molecule has 0 spiro atoms. The second-order valence-corrected chi connectivity index (χ2v) is 5.49. The summed E-state index contributed by atoms with van der Waals surface area (Å²) < 4.78 is 16.7. The van der Waals surface area contributed by atoms with Crippen molar-refractivity contribution in [1.29, 1.82) is 0 Å². The van der Waals surface area contributed by atoms with E-state index in [0.717, 1.165) is 29.7 Å². The average Bonchev–Trinajstić information content (AvgIpc) is 2.80. The lowest BCUT2D eigenvalue weighted by Crippen LogP contribution is -2.11. The van der Waals surface area contributed by atoms with Gasteiger partial charge in [0, 0.05) is 11.1 Å². The van der Waals surface area contributed by atoms with Crippen LogP contribution in [0.2, 0.25) is 0 Å². The lowest BCUT2D eigenvalue weighted by atomic mass is 10.0. The van der Waals surface area contributed by atoms with E-state index in [1.54, 1.807) is 13.2 Å². The molecule has 3 rings (SSSR count). The van der Waals surface area contributed by atoms with Crippen LogP contribution in [0.4, 0.5) is 0 Å². The fourth-order valence-electron chi connectivity index (χ4n) is 2.79. The van der Waals surface area contributed by atoms with Gasteiger partial charge < -0.3 is 24.6 Å². The summed E-state index contributed by atoms with van der Waals surface area (Å²) in [6.07, 6.45) is 4.80. The zero-order valence-corrected chi connectivity index (χ0v) is 14.1. The van der Waals surface area contributed by atoms with Crippen molar-refractivity contribution in [2.75, 3.05) is 27.8 Å². The van der Waals surface area contributed by atoms with Gasteiger partial charge in [0.1, 0.15) is 0 Å². The molecule has 2 aromatic carbocycles. The van der Waals surface area contributed by atoms with Gasteiger partial charge in [-0.1, -0.05) is 18.2 Å². The fourth-order valence-corrected chi connectivity index (χ4v) is 2.79. The third-order valence-corrected chi connectivity index (χ3v) is 4.09. The number of benzene rings is 2. The summed E-state index contributed by atoms with van der Waals surface area (Å²) in [5.74, 6) is 1.95. The summed E-state index contributed by atoms with van der Waals surface area (Å²) in [7, 11) is 5.04. The van der Waals surface area contributed by atoms with Crippen molar-refractivity contribution in [2.24, 2.45) is 0 Å². The second kappa shape index (κ2) is 6.84. The van der Waals surface area contributed by atoms with Gasteiger partial charge in [0.05, 0.1) is 14.2 Å². The number of hydrogen-bond donors (Lipinski definition) is 2. The van der Waals surface area contributed by atoms with Gasteiger partial charge in [0.25, 0.3) is 0 Å². The van der Waals surface area contributed by atoms with Gasteiger partial charge in [0.15, 0.2) is 23.0 Å². The number of methoxy groups -OCH3 is 2. The molecule has 0 fully saturated rings. The van der Waals surface area contributed by atoms with Crippen LogP contribution < -0.4 is 19.5 Å². The Bertz CT molecular complexity index is 783. The molecule has 24 heavy (non-hydrogen) atoms. The third-order valence-electron chi connectivity index (χ3n) is 4.09. The maximum atomic E-state index is 10.4. The van der Waals surface area contributed by atoms with Crippen LogP contribution in [0.1, 0.15) is 16.7 Å². The number of nitrogens with one attached hydrogen (secondary N) is 1. The monoisotopic (exact) mass is 327 g/mol. The largest absolute Gasteiger partial charge is 0.502 e. The Morgan fingerprint density at radius 2 is 1.75 bits per heavy atom. The van der Waals surface area contributed by atoms with Crippen molar-refractivity contribution < 1.29 is 19.3 Å². The molecule has 0 bridgehead atoms. The fraction of sp³-hybridized carbons (Fsp3) is 0.263. The van der Waals surface area contributed by atoms with Crippen molar-refractivity contribution in [3.05, 3.63) is 41.0 Å². The highest BCUT2D eigenvalue weighted by Gasteiger charge is 2.22. The molecule has 2 aromatic rings. The number of aromatic hydroxyl groups is 1. The van der Waals surface area contributed by atoms with Gasteiger partial charge in [-0.05, 0) is 43.8 Å². The van der Waals surface area contributed by atoms with E-state index in [-0.39, 0.29) is 5.75 Å². The summed E-state index contributed by atoms with van der Waals surface area (Å²) in [4.78, 5) is 0. The van der Waals surface area contributed by atoms with Crippen molar-refractivity contribution in [3.63, 3.8) is 0 Å². The molecule has 0 aliphatic carbocycles. The normalized spacial score (nSPS) is 12.0. The Hall–Kier alpha value is -2.66. The van der Waals surface area contributed by atoms with Crippen LogP contribution in [0.5, 0.6) is 28.7 Å². The predicted molar refractivity (Wildman–Crippen MR) is 94.3 cm³/mol. The van der Waals surface area contributed by atoms with E-state index in [4.69, 9.17) is 14.2 Å². The molecule has 126 valence electrons. The number of ether oxygens (including phenoxy) is 3. The summed E-state index contributed by atoms with van der Waals surface area (Å²) in [5.41, 5.74) is 2.89. The highest BCUT2D eigenvalue weighted by molar-refractivity contribution is 5.82. The molecule has 1 aliphatic heterocycles. The van der Waals surface area contributed by atoms with E-state index in [2.05, 4.69) is 5.32 Å². The minimum absolute atomic E-state index is 0.0184. The van der Waals surface area contributed by atoms with Gasteiger partial charge in [0.2, 0.25) is 5.75 Å². The van der Waals surface area contributed by atoms with Crippen molar-refractivity contribution >= 4 is 12.2 Å². The first kappa shape index (κ1) is 16.2. The van der Waals surface area contributed by atoms with Crippen LogP contribution in [0.15, 0.2) is 24.3 Å². The molecule has 0 unspecified atom stereocenters. The standard InChI is InChI=1S/C19H21NO4/c1-20-11-10-12-5-9-16(23-3)19-14(12)7-4-13-6-8-15(22-2)17(21)18(13)24-19/h4-9,20-21H,10-11H2,1-3H3. The van der Waals surface area contributed by atoms with E-state index < -0.39 is 0 Å². The molecule has 0 atom stereocenters. The molecule has 5 nitrogen and oxygen atoms in total. The number of fused-ring (bicyclic) bond motifs is 2. The van der Waals surface area contributed by atoms with Crippen LogP contribution in [-0.4, -0.2) is 32.9 Å². The molecule has 0 radical (unpaired) electrons. The number of hydrogen-bond acceptors (Lipinski definition) is 5. The Morgan fingerprint density at radius 3 is 2.46 bits per heavy atom. The molecule has 5 heteroatoms. The smallest absolute Gasteiger partial charge is 0.202 e. The van der Waals surface area contributed by atoms with E-state index in [1.807, 2.05) is 37.4 Å². The SMILES string of the molecule is CNCCc1ccc(OC)c2c1C=Cc1ccc(OC)c(O)c1O2. The van der Waals surface area contributed by atoms with Crippen LogP contribution in [0, 0.1) is 0 Å². The van der Waals surface area contributed by atoms with Crippen molar-refractivity contribution in [2.45, 2.75) is 6.42 Å². The van der Waals surface area contributed by atoms with Crippen LogP contribution in [-0.2, 0) is 6.42 Å². The third kappa shape index (κ3) is 2.78. The van der Waals surface area contributed by atoms with Gasteiger partial charge in [-0.15, -0.1) is 0 Å². The maximum absolute atomic E-state index is 10.4. The Balaban J connectivity index is 2.15. The first-order chi connectivity index (χ1) is 11.7. The van der Waals surface area contributed by atoms with Crippen LogP contribution in [0.3, 0.4) is 0 Å². The zero-order valence-electron chi connectivity index (χ0n) is 14.1. The minimum atomic E-state index is -0.0184. The van der Waals surface area contributed by atoms with Crippen LogP contribution in [0.25, 0.3) is 12.2 Å². The highest BCUT2D eigenvalue weighted by atomic mass is 16.5. The molecular formula is C19H21NO4. The summed E-state index contributed by atoms with van der Waals surface area (Å²) in [6, 6.07) is 7.51. The first-order valence-corrected chi connectivity index (χ1v) is 7.80. The van der Waals surface area contributed by atoms with E-state index >= 15 is 0 Å². The molecule has 0 saturated carbocycles. The summed E-state index contributed by atoms with van der Waals surface area (Å²) in [5, 5.41) is 13.6. The predicted octanol–water partition coefficient (Wildman–Crippen LogP) is 3.45. The topological polar surface area (TPSA) is 60.0 Å². The Kier molecular flexibility index (Phi) is 4.62. The van der Waals surface area contributed by atoms with Gasteiger partial charge >= 0.3 is 0 Å². The molecule has 0 aromatic heterocycles. The number of phenolic OH excluding ortho intramolecular Hbond substituents is 1. The summed E-state index contributed by atoms with van der Waals surface area (Å²) >= 11 is 0. The maximum Gasteiger partial charge on any atom is 0.202 e. The first-order valence-electron chi connectivity index (χ1n) is 7.80. The summed E-state index contributed by atoms with van der Waals surface area (Å²) in [6.45, 7) is 0.860. The van der Waals surface area contributed by atoms with Crippen LogP contribution >= 0.6 is 0 Å². The van der Waals surface area contributed by atoms with E-state index in [9.17, 15) is 5.11 Å². The zero-order chi connectivity index (χ0) is 17.1.